The average Bonchev–Trinajstić information content (AvgIpc) is 2.76. The number of anilines is 1. The van der Waals surface area contributed by atoms with Crippen LogP contribution in [0.1, 0.15) is 54.1 Å². The van der Waals surface area contributed by atoms with E-state index in [2.05, 4.69) is 53.6 Å². The molecule has 1 aliphatic rings. The lowest BCUT2D eigenvalue weighted by Gasteiger charge is -2.31. The van der Waals surface area contributed by atoms with E-state index in [9.17, 15) is 9.59 Å². The Bertz CT molecular complexity index is 857. The van der Waals surface area contributed by atoms with E-state index in [0.717, 1.165) is 45.3 Å². The van der Waals surface area contributed by atoms with E-state index < -0.39 is 0 Å². The third kappa shape index (κ3) is 5.92. The van der Waals surface area contributed by atoms with Gasteiger partial charge in [0.25, 0.3) is 5.91 Å². The van der Waals surface area contributed by atoms with Crippen LogP contribution < -0.4 is 10.6 Å². The van der Waals surface area contributed by atoms with E-state index in [-0.39, 0.29) is 17.7 Å². The highest BCUT2D eigenvalue weighted by Gasteiger charge is 2.26. The minimum atomic E-state index is -0.132. The maximum Gasteiger partial charge on any atom is 0.253 e. The van der Waals surface area contributed by atoms with Gasteiger partial charge in [0.15, 0.2) is 0 Å². The summed E-state index contributed by atoms with van der Waals surface area (Å²) in [4.78, 5) is 27.8. The molecule has 0 aliphatic carbocycles. The first kappa shape index (κ1) is 22.0. The minimum Gasteiger partial charge on any atom is -0.352 e. The predicted molar refractivity (Wildman–Crippen MR) is 121 cm³/mol. The largest absolute Gasteiger partial charge is 0.352 e. The molecule has 30 heavy (non-hydrogen) atoms. The third-order valence-electron chi connectivity index (χ3n) is 5.86. The molecule has 1 fully saturated rings. The fraction of sp³-hybridized carbons (Fsp3) is 0.440. The van der Waals surface area contributed by atoms with Crippen LogP contribution >= 0.6 is 0 Å². The van der Waals surface area contributed by atoms with Crippen LogP contribution in [0.4, 0.5) is 5.69 Å². The maximum atomic E-state index is 12.9. The summed E-state index contributed by atoms with van der Waals surface area (Å²) in [5.41, 5.74) is 3.78. The lowest BCUT2D eigenvalue weighted by atomic mass is 9.95. The lowest BCUT2D eigenvalue weighted by molar-refractivity contribution is -0.121. The van der Waals surface area contributed by atoms with Crippen LogP contribution in [0, 0.1) is 12.8 Å². The highest BCUT2D eigenvalue weighted by Crippen LogP contribution is 2.23. The number of carbonyl (C=O) groups is 2. The second-order valence-electron chi connectivity index (χ2n) is 8.12. The van der Waals surface area contributed by atoms with Gasteiger partial charge in [0.1, 0.15) is 0 Å². The second kappa shape index (κ2) is 10.9. The number of piperidine rings is 1. The Morgan fingerprint density at radius 3 is 2.47 bits per heavy atom. The van der Waals surface area contributed by atoms with Crippen LogP contribution in [-0.2, 0) is 11.3 Å². The molecule has 160 valence electrons. The fourth-order valence-corrected chi connectivity index (χ4v) is 3.88. The molecular weight excluding hydrogens is 374 g/mol. The molecule has 0 aromatic heterocycles. The third-order valence-corrected chi connectivity index (χ3v) is 5.86. The van der Waals surface area contributed by atoms with Crippen molar-refractivity contribution in [1.29, 1.82) is 0 Å². The van der Waals surface area contributed by atoms with Crippen molar-refractivity contribution in [3.8, 4) is 0 Å². The van der Waals surface area contributed by atoms with Crippen LogP contribution in [0.25, 0.3) is 0 Å². The van der Waals surface area contributed by atoms with Crippen LogP contribution in [0.3, 0.4) is 0 Å². The first-order valence-corrected chi connectivity index (χ1v) is 11.0. The number of rotatable bonds is 8. The predicted octanol–water partition coefficient (Wildman–Crippen LogP) is 4.38. The molecule has 3 rings (SSSR count). The summed E-state index contributed by atoms with van der Waals surface area (Å²) in [5, 5.41) is 5.94. The van der Waals surface area contributed by atoms with Gasteiger partial charge >= 0.3 is 0 Å². The van der Waals surface area contributed by atoms with Crippen LogP contribution in [0.15, 0.2) is 48.5 Å². The van der Waals surface area contributed by atoms with Gasteiger partial charge in [-0.05, 0) is 62.5 Å². The maximum absolute atomic E-state index is 12.9. The second-order valence-corrected chi connectivity index (χ2v) is 8.12. The number of nitrogens with zero attached hydrogens (tertiary/aromatic N) is 1. The Hall–Kier alpha value is -2.66. The number of carbonyl (C=O) groups excluding carboxylic acids is 2. The minimum absolute atomic E-state index is 0.0133. The number of hydrogen-bond acceptors (Lipinski definition) is 3. The molecule has 0 unspecified atom stereocenters. The molecule has 0 spiro atoms. The standard InChI is InChI=1S/C25H33N3O2/c1-3-4-15-26-25(30)22-11-7-8-12-23(22)27-24(29)20-13-16-28(17-14-20)18-21-10-6-5-9-19(21)2/h5-12,20H,3-4,13-18H2,1-2H3,(H,26,30)(H,27,29). The Morgan fingerprint density at radius 1 is 1.03 bits per heavy atom. The van der Waals surface area contributed by atoms with Gasteiger partial charge in [-0.1, -0.05) is 49.7 Å². The van der Waals surface area contributed by atoms with Gasteiger partial charge in [-0.2, -0.15) is 0 Å². The first-order valence-electron chi connectivity index (χ1n) is 11.0. The Labute approximate surface area is 179 Å². The Morgan fingerprint density at radius 2 is 1.73 bits per heavy atom. The van der Waals surface area contributed by atoms with Gasteiger partial charge in [-0.3, -0.25) is 14.5 Å². The molecular formula is C25H33N3O2. The fourth-order valence-electron chi connectivity index (χ4n) is 3.88. The number of benzene rings is 2. The average molecular weight is 408 g/mol. The zero-order valence-electron chi connectivity index (χ0n) is 18.1. The van der Waals surface area contributed by atoms with E-state index in [1.54, 1.807) is 12.1 Å². The van der Waals surface area contributed by atoms with Crippen molar-refractivity contribution in [2.75, 3.05) is 25.0 Å². The molecule has 2 aromatic carbocycles. The number of para-hydroxylation sites is 1. The van der Waals surface area contributed by atoms with Gasteiger partial charge in [0, 0.05) is 19.0 Å². The van der Waals surface area contributed by atoms with E-state index in [1.807, 2.05) is 12.1 Å². The van der Waals surface area contributed by atoms with E-state index in [0.29, 0.717) is 17.8 Å². The van der Waals surface area contributed by atoms with Crippen molar-refractivity contribution in [1.82, 2.24) is 10.2 Å². The van der Waals surface area contributed by atoms with Crippen molar-refractivity contribution in [3.63, 3.8) is 0 Å². The Balaban J connectivity index is 1.54. The number of aryl methyl sites for hydroxylation is 1. The molecule has 1 saturated heterocycles. The highest BCUT2D eigenvalue weighted by molar-refractivity contribution is 6.04. The number of likely N-dealkylation sites (tertiary alicyclic amines) is 1. The van der Waals surface area contributed by atoms with Crippen molar-refractivity contribution >= 4 is 17.5 Å². The van der Waals surface area contributed by atoms with Crippen LogP contribution in [0.2, 0.25) is 0 Å². The quantitative estimate of drug-likeness (QED) is 0.639. The summed E-state index contributed by atoms with van der Waals surface area (Å²) < 4.78 is 0. The summed E-state index contributed by atoms with van der Waals surface area (Å²) in [6.07, 6.45) is 3.65. The molecule has 0 bridgehead atoms. The topological polar surface area (TPSA) is 61.4 Å². The van der Waals surface area contributed by atoms with Crippen LogP contribution in [0.5, 0.6) is 0 Å². The monoisotopic (exact) mass is 407 g/mol. The zero-order chi connectivity index (χ0) is 21.3. The summed E-state index contributed by atoms with van der Waals surface area (Å²) >= 11 is 0. The lowest BCUT2D eigenvalue weighted by Crippen LogP contribution is -2.38. The van der Waals surface area contributed by atoms with Crippen molar-refractivity contribution in [3.05, 3.63) is 65.2 Å². The first-order chi connectivity index (χ1) is 14.6. The molecule has 2 N–H and O–H groups in total. The van der Waals surface area contributed by atoms with Crippen molar-refractivity contribution in [2.24, 2.45) is 5.92 Å². The van der Waals surface area contributed by atoms with Gasteiger partial charge in [0.05, 0.1) is 11.3 Å². The number of hydrogen-bond donors (Lipinski definition) is 2. The van der Waals surface area contributed by atoms with Crippen LogP contribution in [-0.4, -0.2) is 36.3 Å². The van der Waals surface area contributed by atoms with E-state index in [1.165, 1.54) is 11.1 Å². The van der Waals surface area contributed by atoms with Gasteiger partial charge < -0.3 is 10.6 Å². The molecule has 2 aromatic rings. The molecule has 0 saturated carbocycles. The van der Waals surface area contributed by atoms with Gasteiger partial charge in [0.2, 0.25) is 5.91 Å². The number of nitrogens with one attached hydrogen (secondary N) is 2. The molecule has 1 aliphatic heterocycles. The van der Waals surface area contributed by atoms with E-state index in [4.69, 9.17) is 0 Å². The Kier molecular flexibility index (Phi) is 8.03. The SMILES string of the molecule is CCCCNC(=O)c1ccccc1NC(=O)C1CCN(Cc2ccccc2C)CC1. The summed E-state index contributed by atoms with van der Waals surface area (Å²) in [6, 6.07) is 15.7. The number of amides is 2. The van der Waals surface area contributed by atoms with Crippen molar-refractivity contribution in [2.45, 2.75) is 46.1 Å². The normalized spacial score (nSPS) is 15.0. The van der Waals surface area contributed by atoms with Gasteiger partial charge in [-0.25, -0.2) is 0 Å². The molecule has 5 nitrogen and oxygen atoms in total. The highest BCUT2D eigenvalue weighted by atomic mass is 16.2. The molecule has 0 radical (unpaired) electrons. The smallest absolute Gasteiger partial charge is 0.253 e. The van der Waals surface area contributed by atoms with Gasteiger partial charge in [-0.15, -0.1) is 0 Å². The molecule has 5 heteroatoms. The summed E-state index contributed by atoms with van der Waals surface area (Å²) in [6.45, 7) is 7.63. The summed E-state index contributed by atoms with van der Waals surface area (Å²) in [5.74, 6) is -0.138. The molecule has 1 heterocycles. The summed E-state index contributed by atoms with van der Waals surface area (Å²) in [7, 11) is 0. The van der Waals surface area contributed by atoms with Crippen molar-refractivity contribution < 1.29 is 9.59 Å². The molecule has 2 amide bonds. The zero-order valence-corrected chi connectivity index (χ0v) is 18.1. The number of unbranched alkanes of at least 4 members (excludes halogenated alkanes) is 1. The van der Waals surface area contributed by atoms with E-state index >= 15 is 0 Å². The molecule has 0 atom stereocenters.